The quantitative estimate of drug-likeness (QED) is 0.0729. The van der Waals surface area contributed by atoms with Crippen LogP contribution < -0.4 is 15.1 Å². The maximum atomic E-state index is 14.1. The molecule has 0 radical (unpaired) electrons. The number of halogens is 3. The van der Waals surface area contributed by atoms with Crippen LogP contribution >= 0.6 is 23.6 Å². The van der Waals surface area contributed by atoms with Crippen LogP contribution in [0.2, 0.25) is 0 Å². The van der Waals surface area contributed by atoms with Gasteiger partial charge in [-0.1, -0.05) is 57.2 Å². The van der Waals surface area contributed by atoms with Gasteiger partial charge in [-0.25, -0.2) is 4.98 Å². The van der Waals surface area contributed by atoms with Crippen molar-refractivity contribution < 1.29 is 46.9 Å². The van der Waals surface area contributed by atoms with Crippen LogP contribution in [0.4, 0.5) is 24.5 Å². The Kier molecular flexibility index (Phi) is 17.0. The number of carbonyl (C=O) groups is 4. The molecule has 72 heavy (non-hydrogen) atoms. The number of aliphatic hydroxyl groups excluding tert-OH is 1. The largest absolute Gasteiger partial charge is 0.417 e. The van der Waals surface area contributed by atoms with Crippen molar-refractivity contribution in [2.24, 2.45) is 11.3 Å². The van der Waals surface area contributed by atoms with Crippen LogP contribution in [-0.2, 0) is 41.4 Å². The topological polar surface area (TPSA) is 169 Å². The van der Waals surface area contributed by atoms with Gasteiger partial charge in [-0.05, 0) is 117 Å². The fourth-order valence-corrected chi connectivity index (χ4v) is 11.0. The third-order valence-corrected chi connectivity index (χ3v) is 15.2. The summed E-state index contributed by atoms with van der Waals surface area (Å²) in [6, 6.07) is 19.5. The van der Waals surface area contributed by atoms with E-state index in [1.165, 1.54) is 11.0 Å². The summed E-state index contributed by atoms with van der Waals surface area (Å²) in [5.41, 5.74) is 2.93. The number of anilines is 2. The zero-order valence-electron chi connectivity index (χ0n) is 41.5. The molecular formula is C53H62F3N7O7S2. The Labute approximate surface area is 428 Å². The molecule has 3 aromatic carbocycles. The first-order valence-electron chi connectivity index (χ1n) is 24.1. The van der Waals surface area contributed by atoms with Gasteiger partial charge in [-0.15, -0.1) is 11.3 Å². The van der Waals surface area contributed by atoms with Gasteiger partial charge in [0.1, 0.15) is 18.2 Å². The molecule has 3 aliphatic rings. The molecule has 7 rings (SSSR count). The lowest BCUT2D eigenvalue weighted by atomic mass is 9.77. The molecule has 4 heterocycles. The summed E-state index contributed by atoms with van der Waals surface area (Å²) in [6.07, 6.45) is -3.78. The van der Waals surface area contributed by atoms with E-state index >= 15 is 0 Å². The van der Waals surface area contributed by atoms with Crippen molar-refractivity contribution in [2.75, 3.05) is 62.4 Å². The lowest BCUT2D eigenvalue weighted by Gasteiger charge is -2.34. The van der Waals surface area contributed by atoms with Crippen molar-refractivity contribution in [1.82, 2.24) is 20.1 Å². The third-order valence-electron chi connectivity index (χ3n) is 13.8. The highest BCUT2D eigenvalue weighted by Crippen LogP contribution is 2.41. The summed E-state index contributed by atoms with van der Waals surface area (Å²) in [4.78, 5) is 66.3. The van der Waals surface area contributed by atoms with Crippen molar-refractivity contribution in [2.45, 2.75) is 104 Å². The summed E-state index contributed by atoms with van der Waals surface area (Å²) in [5.74, 6) is -1.87. The lowest BCUT2D eigenvalue weighted by Crippen LogP contribution is -2.50. The maximum Gasteiger partial charge on any atom is 0.417 e. The first-order valence-corrected chi connectivity index (χ1v) is 25.4. The van der Waals surface area contributed by atoms with E-state index in [0.717, 1.165) is 76.8 Å². The fraction of sp³-hybridized carbons (Fsp3) is 0.491. The van der Waals surface area contributed by atoms with Gasteiger partial charge in [-0.2, -0.15) is 18.4 Å². The molecule has 0 saturated carbocycles. The number of nitrogens with one attached hydrogen (secondary N) is 1. The predicted molar refractivity (Wildman–Crippen MR) is 272 cm³/mol. The molecule has 0 bridgehead atoms. The zero-order chi connectivity index (χ0) is 52.1. The number of Topliss-reactive ketones (excluding diaryl/α,β-unsaturated/α-hetero) is 1. The first-order chi connectivity index (χ1) is 34.1. The number of hydrogen-bond donors (Lipinski definition) is 2. The van der Waals surface area contributed by atoms with Gasteiger partial charge in [0.05, 0.1) is 64.9 Å². The Hall–Kier alpha value is -5.62. The molecule has 19 heteroatoms. The number of piperidine rings is 1. The molecule has 3 atom stereocenters. The predicted octanol–water partition coefficient (Wildman–Crippen LogP) is 8.04. The van der Waals surface area contributed by atoms with Gasteiger partial charge in [0.15, 0.2) is 10.9 Å². The molecule has 3 fully saturated rings. The maximum absolute atomic E-state index is 14.1. The van der Waals surface area contributed by atoms with Gasteiger partial charge in [0, 0.05) is 44.1 Å². The standard InChI is InChI=1S/C53H62F3N7O7S2/c1-33-46(72-32-59-33)37-9-7-34(8-10-37)29-58-47(66)45-27-41(64)30-61(45)48(67)44(51(2,3)4)26-42(65)31-70-24-23-69-22-21-60-19-17-36(18-20-60)35-11-14-39(15-12-35)63-50(71)62(49(68)52(63,5)6)40-16-13-38(28-57)43(25-40)53(54,55)56/h7-16,25,32,36,41,44-45,64H,17-24,26-27,29-31H2,1-6H3,(H,58,66)/t41-,44-,45+/m1/s1. The van der Waals surface area contributed by atoms with E-state index in [1.807, 2.05) is 81.7 Å². The van der Waals surface area contributed by atoms with Crippen molar-refractivity contribution in [1.29, 1.82) is 5.26 Å². The fourth-order valence-electron chi connectivity index (χ4n) is 9.66. The van der Waals surface area contributed by atoms with Crippen molar-refractivity contribution in [3.05, 3.63) is 100 Å². The van der Waals surface area contributed by atoms with Crippen LogP contribution in [0, 0.1) is 29.6 Å². The SMILES string of the molecule is Cc1ncsc1-c1ccc(CNC(=O)[C@@H]2C[C@@H](O)CN2C(=O)[C@@H](CC(=O)COCCOCCN2CCC(c3ccc(N4C(=S)N(c5ccc(C#N)c(C(F)(F)F)c5)C(=O)C4(C)C)cc3)CC2)C(C)(C)C)cc1. The first kappa shape index (κ1) is 54.2. The van der Waals surface area contributed by atoms with Gasteiger partial charge in [0.25, 0.3) is 5.91 Å². The molecule has 384 valence electrons. The summed E-state index contributed by atoms with van der Waals surface area (Å²) in [7, 11) is 0. The second kappa shape index (κ2) is 22.7. The number of carbonyl (C=O) groups excluding carboxylic acids is 4. The number of rotatable bonds is 18. The number of aryl methyl sites for hydroxylation is 1. The Balaban J connectivity index is 0.809. The highest BCUT2D eigenvalue weighted by Gasteiger charge is 2.51. The molecule has 14 nitrogen and oxygen atoms in total. The molecule has 0 spiro atoms. The molecule has 1 aromatic heterocycles. The number of amides is 3. The van der Waals surface area contributed by atoms with E-state index in [2.05, 4.69) is 15.2 Å². The van der Waals surface area contributed by atoms with E-state index in [1.54, 1.807) is 36.2 Å². The number of benzene rings is 3. The number of aromatic nitrogens is 1. The number of nitrogens with zero attached hydrogens (tertiary/aromatic N) is 6. The highest BCUT2D eigenvalue weighted by atomic mass is 32.1. The highest BCUT2D eigenvalue weighted by molar-refractivity contribution is 7.81. The third kappa shape index (κ3) is 12.4. The molecule has 0 unspecified atom stereocenters. The minimum absolute atomic E-state index is 0.00752. The number of thiocarbonyl (C=S) groups is 1. The molecule has 0 aliphatic carbocycles. The normalized spacial score (nSPS) is 19.2. The Bertz CT molecular complexity index is 2660. The van der Waals surface area contributed by atoms with Gasteiger partial charge >= 0.3 is 6.18 Å². The van der Waals surface area contributed by atoms with Crippen molar-refractivity contribution in [3.63, 3.8) is 0 Å². The van der Waals surface area contributed by atoms with E-state index < -0.39 is 52.2 Å². The van der Waals surface area contributed by atoms with E-state index in [-0.39, 0.29) is 67.5 Å². The van der Waals surface area contributed by atoms with Crippen LogP contribution in [0.25, 0.3) is 10.4 Å². The van der Waals surface area contributed by atoms with E-state index in [4.69, 9.17) is 21.7 Å². The average Bonchev–Trinajstić information content (AvgIpc) is 4.01. The van der Waals surface area contributed by atoms with Gasteiger partial charge < -0.3 is 34.6 Å². The summed E-state index contributed by atoms with van der Waals surface area (Å²) < 4.78 is 52.9. The minimum Gasteiger partial charge on any atom is -0.391 e. The lowest BCUT2D eigenvalue weighted by molar-refractivity contribution is -0.146. The zero-order valence-corrected chi connectivity index (χ0v) is 43.1. The number of alkyl halides is 3. The summed E-state index contributed by atoms with van der Waals surface area (Å²) in [6.45, 7) is 14.4. The second-order valence-electron chi connectivity index (χ2n) is 20.3. The Morgan fingerprint density at radius 3 is 2.28 bits per heavy atom. The number of ketones is 1. The monoisotopic (exact) mass is 1030 g/mol. The summed E-state index contributed by atoms with van der Waals surface area (Å²) in [5, 5.41) is 22.8. The van der Waals surface area contributed by atoms with Gasteiger partial charge in [-0.3, -0.25) is 24.1 Å². The molecule has 3 amide bonds. The molecule has 2 N–H and O–H groups in total. The van der Waals surface area contributed by atoms with E-state index in [0.29, 0.717) is 24.8 Å². The summed E-state index contributed by atoms with van der Waals surface area (Å²) >= 11 is 7.27. The Morgan fingerprint density at radius 2 is 1.65 bits per heavy atom. The van der Waals surface area contributed by atoms with E-state index in [9.17, 15) is 42.7 Å². The van der Waals surface area contributed by atoms with Crippen LogP contribution in [0.1, 0.15) is 94.2 Å². The van der Waals surface area contributed by atoms with Gasteiger partial charge in [0.2, 0.25) is 11.8 Å². The smallest absolute Gasteiger partial charge is 0.391 e. The van der Waals surface area contributed by atoms with Crippen molar-refractivity contribution in [3.8, 4) is 16.5 Å². The number of β-amino-alcohol motifs (C(OH)–C–C–N with tert-alkyl or cyclic N) is 1. The van der Waals surface area contributed by atoms with Crippen LogP contribution in [0.3, 0.4) is 0 Å². The minimum atomic E-state index is -4.79. The molecular weight excluding hydrogens is 968 g/mol. The average molecular weight is 1030 g/mol. The molecule has 4 aromatic rings. The van der Waals surface area contributed by atoms with Crippen LogP contribution in [-0.4, -0.2) is 119 Å². The Morgan fingerprint density at radius 1 is 0.986 bits per heavy atom. The number of thiazole rings is 1. The number of ether oxygens (including phenoxy) is 2. The number of likely N-dealkylation sites (tertiary alicyclic amines) is 2. The number of aliphatic hydroxyl groups is 1. The molecule has 3 saturated heterocycles. The van der Waals surface area contributed by atoms with Crippen molar-refractivity contribution >= 4 is 63.5 Å². The van der Waals surface area contributed by atoms with Crippen LogP contribution in [0.5, 0.6) is 0 Å². The molecule has 3 aliphatic heterocycles. The second-order valence-corrected chi connectivity index (χ2v) is 21.5. The number of hydrogen-bond acceptors (Lipinski definition) is 12. The van der Waals surface area contributed by atoms with Crippen LogP contribution in [0.15, 0.2) is 72.2 Å². The number of nitriles is 1.